The van der Waals surface area contributed by atoms with Crippen LogP contribution in [0, 0.1) is 12.8 Å². The predicted molar refractivity (Wildman–Crippen MR) is 285 cm³/mol. The molecule has 15 heteroatoms. The lowest BCUT2D eigenvalue weighted by molar-refractivity contribution is -0.134. The molecule has 2 atom stereocenters. The van der Waals surface area contributed by atoms with E-state index >= 15 is 0 Å². The normalized spacial score (nSPS) is 20.5. The monoisotopic (exact) mass is 998 g/mol. The molecular formula is C58H62N8O6S. The van der Waals surface area contributed by atoms with Gasteiger partial charge < -0.3 is 19.6 Å². The number of amides is 3. The highest BCUT2D eigenvalue weighted by Gasteiger charge is 2.33. The number of fused-ring (bicyclic) bond motifs is 3. The van der Waals surface area contributed by atoms with Gasteiger partial charge in [-0.2, -0.15) is 5.10 Å². The highest BCUT2D eigenvalue weighted by molar-refractivity contribution is 7.22. The first-order chi connectivity index (χ1) is 35.5. The number of para-hydroxylation sites is 1. The zero-order valence-electron chi connectivity index (χ0n) is 41.6. The van der Waals surface area contributed by atoms with Crippen LogP contribution >= 0.6 is 11.3 Å². The fraction of sp³-hybridized carbons (Fsp3) is 0.397. The summed E-state index contributed by atoms with van der Waals surface area (Å²) in [7, 11) is 1.94. The largest absolute Gasteiger partial charge is 0.490 e. The number of nitrogens with zero attached hydrogens (tertiary/aromatic N) is 6. The molecule has 11 rings (SSSR count). The first kappa shape index (κ1) is 48.3. The molecule has 6 heterocycles. The van der Waals surface area contributed by atoms with Crippen molar-refractivity contribution < 1.29 is 29.0 Å². The van der Waals surface area contributed by atoms with Gasteiger partial charge in [-0.05, 0) is 160 Å². The number of nitrogens with one attached hydrogen (secondary N) is 2. The van der Waals surface area contributed by atoms with Gasteiger partial charge in [0.1, 0.15) is 11.6 Å². The van der Waals surface area contributed by atoms with E-state index in [1.165, 1.54) is 42.6 Å². The number of hydrogen-bond acceptors (Lipinski definition) is 11. The van der Waals surface area contributed by atoms with E-state index in [1.807, 2.05) is 85.4 Å². The standard InChI is InChI=1S/C58H62N8O6S/c1-35-41(42-24-26-51(60-54(42)57(70)71)66-31-28-37-11-7-14-43(46(37)34-66)55(68)62-58-59-47-15-3-4-17-50(47)73-58)13-8-16-49(35)72-40-21-18-36(19-22-40)10-5-6-29-65-30-9-12-39(33-65)38-20-23-44-48(32-38)64(2)63-53(44)45-25-27-52(67)61-56(45)69/h3-4,7-8,11,13-17,20,23-24,26,32,36,39-40,45H,5-6,9-10,12,18-19,21-22,25,27-31,33-34H2,1-2H3,(H,70,71)(H,59,62,68)(H,61,67,69)/t36?,39-,40?,45+/m0/s1. The first-order valence-corrected chi connectivity index (χ1v) is 26.9. The van der Waals surface area contributed by atoms with Crippen LogP contribution in [-0.2, 0) is 29.6 Å². The van der Waals surface area contributed by atoms with Crippen LogP contribution in [0.2, 0.25) is 0 Å². The number of hydrogen-bond donors (Lipinski definition) is 3. The molecule has 2 saturated heterocycles. The quantitative estimate of drug-likeness (QED) is 0.0699. The number of anilines is 2. The first-order valence-electron chi connectivity index (χ1n) is 26.1. The summed E-state index contributed by atoms with van der Waals surface area (Å²) in [6.45, 7) is 6.36. The molecule has 0 radical (unpaired) electrons. The number of aromatic carboxylic acids is 1. The van der Waals surface area contributed by atoms with Gasteiger partial charge in [-0.1, -0.05) is 72.7 Å². The van der Waals surface area contributed by atoms with Crippen molar-refractivity contribution in [3.63, 3.8) is 0 Å². The number of benzene rings is 4. The van der Waals surface area contributed by atoms with Crippen molar-refractivity contribution in [3.8, 4) is 16.9 Å². The molecule has 73 heavy (non-hydrogen) atoms. The highest BCUT2D eigenvalue weighted by atomic mass is 32.1. The van der Waals surface area contributed by atoms with E-state index in [0.29, 0.717) is 66.3 Å². The number of likely N-dealkylation sites (tertiary alicyclic amines) is 1. The molecule has 1 aliphatic carbocycles. The average molecular weight is 999 g/mol. The summed E-state index contributed by atoms with van der Waals surface area (Å²) in [5.74, 6) is 0.305. The molecule has 14 nitrogen and oxygen atoms in total. The van der Waals surface area contributed by atoms with Crippen LogP contribution in [0.15, 0.2) is 91.0 Å². The lowest BCUT2D eigenvalue weighted by Gasteiger charge is -2.33. The SMILES string of the molecule is Cc1c(OC2CCC(CCCCN3CCC[C@H](c4ccc5c([C@H]6CCC(=O)NC6=O)nn(C)c5c4)C3)CC2)cccc1-c1ccc(N2CCc3cccc(C(=O)Nc4nc5ccccc5s4)c3C2)nc1C(=O)O. The van der Waals surface area contributed by atoms with Gasteiger partial charge in [0.2, 0.25) is 11.8 Å². The highest BCUT2D eigenvalue weighted by Crippen LogP contribution is 2.39. The molecule has 3 fully saturated rings. The third-order valence-corrected chi connectivity index (χ3v) is 16.8. The van der Waals surface area contributed by atoms with E-state index in [9.17, 15) is 24.3 Å². The van der Waals surface area contributed by atoms with Crippen molar-refractivity contribution in [1.29, 1.82) is 0 Å². The summed E-state index contributed by atoms with van der Waals surface area (Å²) in [5.41, 5.74) is 8.74. The molecule has 0 unspecified atom stereocenters. The maximum atomic E-state index is 13.7. The van der Waals surface area contributed by atoms with Crippen LogP contribution in [-0.4, -0.2) is 85.7 Å². The summed E-state index contributed by atoms with van der Waals surface area (Å²) < 4.78 is 9.59. The number of aromatic nitrogens is 4. The summed E-state index contributed by atoms with van der Waals surface area (Å²) in [6.07, 6.45) is 11.9. The zero-order chi connectivity index (χ0) is 50.2. The number of carbonyl (C=O) groups excluding carboxylic acids is 3. The predicted octanol–water partition coefficient (Wildman–Crippen LogP) is 10.6. The number of pyridine rings is 1. The summed E-state index contributed by atoms with van der Waals surface area (Å²) in [4.78, 5) is 65.0. The van der Waals surface area contributed by atoms with Gasteiger partial charge in [-0.3, -0.25) is 29.7 Å². The third kappa shape index (κ3) is 10.2. The molecule has 3 aliphatic heterocycles. The number of unbranched alkanes of at least 4 members (excludes halogenated alkanes) is 1. The Morgan fingerprint density at radius 1 is 0.877 bits per heavy atom. The Morgan fingerprint density at radius 2 is 1.73 bits per heavy atom. The van der Waals surface area contributed by atoms with Gasteiger partial charge in [0, 0.05) is 49.6 Å². The molecule has 0 spiro atoms. The lowest BCUT2D eigenvalue weighted by Crippen LogP contribution is -2.39. The van der Waals surface area contributed by atoms with E-state index in [1.54, 1.807) is 0 Å². The number of piperidine rings is 2. The Balaban J connectivity index is 0.666. The van der Waals surface area contributed by atoms with Crippen LogP contribution in [0.3, 0.4) is 0 Å². The van der Waals surface area contributed by atoms with Crippen LogP contribution in [0.4, 0.5) is 10.9 Å². The van der Waals surface area contributed by atoms with Gasteiger partial charge in [-0.25, -0.2) is 14.8 Å². The van der Waals surface area contributed by atoms with Crippen LogP contribution in [0.25, 0.3) is 32.2 Å². The maximum Gasteiger partial charge on any atom is 0.355 e. The van der Waals surface area contributed by atoms with E-state index in [0.717, 1.165) is 107 Å². The fourth-order valence-electron chi connectivity index (χ4n) is 11.9. The molecule has 3 aromatic heterocycles. The van der Waals surface area contributed by atoms with E-state index < -0.39 is 11.9 Å². The van der Waals surface area contributed by atoms with Crippen molar-refractivity contribution in [3.05, 3.63) is 130 Å². The molecule has 7 aromatic rings. The van der Waals surface area contributed by atoms with Crippen molar-refractivity contribution in [2.45, 2.75) is 108 Å². The summed E-state index contributed by atoms with van der Waals surface area (Å²) in [5, 5.41) is 22.3. The fourth-order valence-corrected chi connectivity index (χ4v) is 12.8. The van der Waals surface area contributed by atoms with Crippen LogP contribution < -0.4 is 20.3 Å². The van der Waals surface area contributed by atoms with Gasteiger partial charge in [-0.15, -0.1) is 0 Å². The molecule has 4 aliphatic rings. The number of rotatable bonds is 14. The molecule has 376 valence electrons. The van der Waals surface area contributed by atoms with E-state index in [4.69, 9.17) is 14.8 Å². The number of thiazole rings is 1. The zero-order valence-corrected chi connectivity index (χ0v) is 42.4. The summed E-state index contributed by atoms with van der Waals surface area (Å²) in [6, 6.07) is 29.8. The van der Waals surface area contributed by atoms with Crippen molar-refractivity contribution >= 4 is 67.1 Å². The minimum Gasteiger partial charge on any atom is -0.490 e. The number of aryl methyl sites for hydroxylation is 1. The van der Waals surface area contributed by atoms with Crippen molar-refractivity contribution in [2.24, 2.45) is 13.0 Å². The Bertz CT molecular complexity index is 3220. The molecule has 3 N–H and O–H groups in total. The minimum absolute atomic E-state index is 0.0166. The van der Waals surface area contributed by atoms with Crippen LogP contribution in [0.1, 0.15) is 131 Å². The van der Waals surface area contributed by atoms with Gasteiger partial charge in [0.05, 0.1) is 33.4 Å². The Hall–Kier alpha value is -6.97. The Labute approximate surface area is 429 Å². The molecular weight excluding hydrogens is 937 g/mol. The second-order valence-electron chi connectivity index (χ2n) is 20.5. The lowest BCUT2D eigenvalue weighted by atomic mass is 9.84. The Kier molecular flexibility index (Phi) is 13.8. The molecule has 1 saturated carbocycles. The molecule has 0 bridgehead atoms. The topological polar surface area (TPSA) is 172 Å². The number of carboxylic acids is 1. The molecule has 4 aromatic carbocycles. The van der Waals surface area contributed by atoms with Gasteiger partial charge in [0.25, 0.3) is 5.91 Å². The second kappa shape index (κ2) is 20.9. The average Bonchev–Trinajstić information content (AvgIpc) is 3.97. The van der Waals surface area contributed by atoms with Crippen molar-refractivity contribution in [1.82, 2.24) is 30.0 Å². The smallest absolute Gasteiger partial charge is 0.355 e. The second-order valence-corrected chi connectivity index (χ2v) is 21.6. The van der Waals surface area contributed by atoms with E-state index in [-0.39, 0.29) is 29.5 Å². The number of imide groups is 1. The number of carboxylic acid groups (broad SMARTS) is 1. The Morgan fingerprint density at radius 3 is 2.56 bits per heavy atom. The molecule has 3 amide bonds. The third-order valence-electron chi connectivity index (χ3n) is 15.9. The minimum atomic E-state index is -1.10. The van der Waals surface area contributed by atoms with Gasteiger partial charge in [0.15, 0.2) is 10.8 Å². The van der Waals surface area contributed by atoms with E-state index in [2.05, 4.69) is 49.7 Å². The maximum absolute atomic E-state index is 13.7. The number of ether oxygens (including phenoxy) is 1. The van der Waals surface area contributed by atoms with Gasteiger partial charge >= 0.3 is 5.97 Å². The van der Waals surface area contributed by atoms with Crippen molar-refractivity contribution in [2.75, 3.05) is 36.4 Å². The summed E-state index contributed by atoms with van der Waals surface area (Å²) >= 11 is 1.44. The number of carbonyl (C=O) groups is 4. The van der Waals surface area contributed by atoms with Crippen LogP contribution in [0.5, 0.6) is 5.75 Å².